The Balaban J connectivity index is 2.70. The minimum atomic E-state index is -0.968. The highest BCUT2D eigenvalue weighted by molar-refractivity contribution is 6.31. The fraction of sp³-hybridized carbons (Fsp3) is 0.385. The van der Waals surface area contributed by atoms with Crippen molar-refractivity contribution in [2.45, 2.75) is 32.7 Å². The van der Waals surface area contributed by atoms with E-state index in [0.29, 0.717) is 10.7 Å². The molecule has 3 N–H and O–H groups in total. The second-order valence-electron chi connectivity index (χ2n) is 4.95. The summed E-state index contributed by atoms with van der Waals surface area (Å²) in [5.41, 5.74) is 0.522. The van der Waals surface area contributed by atoms with E-state index in [1.807, 2.05) is 0 Å². The molecule has 19 heavy (non-hydrogen) atoms. The Kier molecular flexibility index (Phi) is 4.78. The smallest absolute Gasteiger partial charge is 0.319 e. The average molecular weight is 285 g/mol. The summed E-state index contributed by atoms with van der Waals surface area (Å²) in [4.78, 5) is 22.5. The van der Waals surface area contributed by atoms with E-state index >= 15 is 0 Å². The summed E-state index contributed by atoms with van der Waals surface area (Å²) in [7, 11) is 0. The van der Waals surface area contributed by atoms with Crippen molar-refractivity contribution in [1.82, 2.24) is 5.32 Å². The normalized spacial score (nSPS) is 10.9. The number of hydrogen-bond donors (Lipinski definition) is 3. The van der Waals surface area contributed by atoms with E-state index < -0.39 is 17.5 Å². The Morgan fingerprint density at radius 3 is 2.58 bits per heavy atom. The molecule has 0 aliphatic rings. The van der Waals surface area contributed by atoms with Crippen LogP contribution in [0.5, 0.6) is 0 Å². The number of urea groups is 1. The molecule has 0 bridgehead atoms. The summed E-state index contributed by atoms with van der Waals surface area (Å²) in [5, 5.41) is 14.6. The third kappa shape index (κ3) is 4.79. The van der Waals surface area contributed by atoms with Gasteiger partial charge in [-0.3, -0.25) is 4.79 Å². The Morgan fingerprint density at radius 1 is 1.37 bits per heavy atom. The molecule has 0 atom stereocenters. The summed E-state index contributed by atoms with van der Waals surface area (Å²) in [6.45, 7) is 5.08. The number of anilines is 1. The number of aliphatic carboxylic acids is 1. The van der Waals surface area contributed by atoms with Crippen molar-refractivity contribution in [3.8, 4) is 0 Å². The number of carbonyl (C=O) groups is 2. The van der Waals surface area contributed by atoms with Gasteiger partial charge in [0.05, 0.1) is 6.42 Å². The largest absolute Gasteiger partial charge is 0.481 e. The van der Waals surface area contributed by atoms with Gasteiger partial charge in [-0.15, -0.1) is 0 Å². The van der Waals surface area contributed by atoms with E-state index in [-0.39, 0.29) is 6.42 Å². The van der Waals surface area contributed by atoms with Gasteiger partial charge in [-0.05, 0) is 38.5 Å². The lowest BCUT2D eigenvalue weighted by Gasteiger charge is -2.24. The van der Waals surface area contributed by atoms with Crippen LogP contribution in [0, 0.1) is 6.92 Å². The summed E-state index contributed by atoms with van der Waals surface area (Å²) in [6.07, 6.45) is -0.158. The Hall–Kier alpha value is -1.75. The third-order valence-corrected chi connectivity index (χ3v) is 2.97. The molecule has 2 amide bonds. The van der Waals surface area contributed by atoms with E-state index in [1.54, 1.807) is 39.0 Å². The van der Waals surface area contributed by atoms with Crippen molar-refractivity contribution < 1.29 is 14.7 Å². The van der Waals surface area contributed by atoms with E-state index in [4.69, 9.17) is 16.7 Å². The van der Waals surface area contributed by atoms with Crippen LogP contribution in [0.15, 0.2) is 18.2 Å². The molecular weight excluding hydrogens is 268 g/mol. The SMILES string of the molecule is Cc1c(Cl)cccc1NC(=O)NC(C)(C)CC(=O)O. The summed E-state index contributed by atoms with van der Waals surface area (Å²) in [5.74, 6) is -0.968. The van der Waals surface area contributed by atoms with E-state index in [9.17, 15) is 9.59 Å². The lowest BCUT2D eigenvalue weighted by Crippen LogP contribution is -2.46. The number of carboxylic acids is 1. The molecular formula is C13H17ClN2O3. The lowest BCUT2D eigenvalue weighted by molar-refractivity contribution is -0.138. The van der Waals surface area contributed by atoms with Crippen LogP contribution in [0.4, 0.5) is 10.5 Å². The van der Waals surface area contributed by atoms with Crippen LogP contribution in [0.25, 0.3) is 0 Å². The van der Waals surface area contributed by atoms with Gasteiger partial charge >= 0.3 is 12.0 Å². The summed E-state index contributed by atoms with van der Waals surface area (Å²) in [6, 6.07) is 4.73. The van der Waals surface area contributed by atoms with Gasteiger partial charge in [-0.2, -0.15) is 0 Å². The molecule has 6 heteroatoms. The molecule has 1 aromatic rings. The Bertz CT molecular complexity index is 501. The zero-order valence-electron chi connectivity index (χ0n) is 11.1. The molecule has 0 saturated heterocycles. The predicted molar refractivity (Wildman–Crippen MR) is 74.7 cm³/mol. The molecule has 5 nitrogen and oxygen atoms in total. The van der Waals surface area contributed by atoms with Gasteiger partial charge < -0.3 is 15.7 Å². The molecule has 0 aliphatic heterocycles. The highest BCUT2D eigenvalue weighted by atomic mass is 35.5. The molecule has 0 unspecified atom stereocenters. The maximum atomic E-state index is 11.8. The Morgan fingerprint density at radius 2 is 2.00 bits per heavy atom. The molecule has 1 rings (SSSR count). The van der Waals surface area contributed by atoms with Gasteiger partial charge in [0.2, 0.25) is 0 Å². The number of hydrogen-bond acceptors (Lipinski definition) is 2. The van der Waals surface area contributed by atoms with Gasteiger partial charge in [0.1, 0.15) is 0 Å². The summed E-state index contributed by atoms with van der Waals surface area (Å²) < 4.78 is 0. The number of nitrogens with one attached hydrogen (secondary N) is 2. The minimum absolute atomic E-state index is 0.158. The number of amides is 2. The average Bonchev–Trinajstić information content (AvgIpc) is 2.21. The second kappa shape index (κ2) is 5.93. The monoisotopic (exact) mass is 284 g/mol. The van der Waals surface area contributed by atoms with Crippen molar-refractivity contribution in [3.05, 3.63) is 28.8 Å². The molecule has 104 valence electrons. The van der Waals surface area contributed by atoms with Crippen molar-refractivity contribution >= 4 is 29.3 Å². The fourth-order valence-electron chi connectivity index (χ4n) is 1.63. The third-order valence-electron chi connectivity index (χ3n) is 2.56. The fourth-order valence-corrected chi connectivity index (χ4v) is 1.80. The van der Waals surface area contributed by atoms with Crippen LogP contribution in [0.2, 0.25) is 5.02 Å². The van der Waals surface area contributed by atoms with Crippen molar-refractivity contribution in [2.75, 3.05) is 5.32 Å². The first-order valence-corrected chi connectivity index (χ1v) is 6.15. The van der Waals surface area contributed by atoms with Crippen LogP contribution >= 0.6 is 11.6 Å². The topological polar surface area (TPSA) is 78.4 Å². The minimum Gasteiger partial charge on any atom is -0.481 e. The molecule has 0 spiro atoms. The van der Waals surface area contributed by atoms with E-state index in [1.165, 1.54) is 0 Å². The molecule has 0 fully saturated rings. The zero-order chi connectivity index (χ0) is 14.6. The predicted octanol–water partition coefficient (Wildman–Crippen LogP) is 3.02. The van der Waals surface area contributed by atoms with Gasteiger partial charge in [0.15, 0.2) is 0 Å². The van der Waals surface area contributed by atoms with Crippen molar-refractivity contribution in [2.24, 2.45) is 0 Å². The molecule has 0 radical (unpaired) electrons. The molecule has 0 aliphatic carbocycles. The van der Waals surface area contributed by atoms with Gasteiger partial charge in [0, 0.05) is 16.2 Å². The quantitative estimate of drug-likeness (QED) is 0.795. The van der Waals surface area contributed by atoms with Crippen LogP contribution in [-0.2, 0) is 4.79 Å². The number of rotatable bonds is 4. The molecule has 1 aromatic carbocycles. The van der Waals surface area contributed by atoms with E-state index in [2.05, 4.69) is 10.6 Å². The van der Waals surface area contributed by atoms with Crippen LogP contribution < -0.4 is 10.6 Å². The number of carboxylic acid groups (broad SMARTS) is 1. The number of carbonyl (C=O) groups excluding carboxylic acids is 1. The molecule has 0 saturated carbocycles. The van der Waals surface area contributed by atoms with Crippen LogP contribution in [-0.4, -0.2) is 22.6 Å². The highest BCUT2D eigenvalue weighted by Crippen LogP contribution is 2.23. The first-order valence-electron chi connectivity index (χ1n) is 5.77. The number of halogens is 1. The van der Waals surface area contributed by atoms with Crippen LogP contribution in [0.1, 0.15) is 25.8 Å². The first kappa shape index (κ1) is 15.3. The molecule has 0 heterocycles. The van der Waals surface area contributed by atoms with Gasteiger partial charge in [0.25, 0.3) is 0 Å². The second-order valence-corrected chi connectivity index (χ2v) is 5.35. The first-order chi connectivity index (χ1) is 8.71. The maximum absolute atomic E-state index is 11.8. The van der Waals surface area contributed by atoms with E-state index in [0.717, 1.165) is 5.56 Å². The van der Waals surface area contributed by atoms with Crippen molar-refractivity contribution in [1.29, 1.82) is 0 Å². The van der Waals surface area contributed by atoms with Gasteiger partial charge in [-0.1, -0.05) is 17.7 Å². The maximum Gasteiger partial charge on any atom is 0.319 e. The lowest BCUT2D eigenvalue weighted by atomic mass is 10.0. The zero-order valence-corrected chi connectivity index (χ0v) is 11.8. The van der Waals surface area contributed by atoms with Crippen molar-refractivity contribution in [3.63, 3.8) is 0 Å². The van der Waals surface area contributed by atoms with Gasteiger partial charge in [-0.25, -0.2) is 4.79 Å². The highest BCUT2D eigenvalue weighted by Gasteiger charge is 2.24. The standard InChI is InChI=1S/C13H17ClN2O3/c1-8-9(14)5-4-6-10(8)15-12(19)16-13(2,3)7-11(17)18/h4-6H,7H2,1-3H3,(H,17,18)(H2,15,16,19). The van der Waals surface area contributed by atoms with Crippen LogP contribution in [0.3, 0.4) is 0 Å². The Labute approximate surface area is 117 Å². The summed E-state index contributed by atoms with van der Waals surface area (Å²) >= 11 is 5.95. The number of benzene rings is 1. The molecule has 0 aromatic heterocycles.